The molecule has 0 radical (unpaired) electrons. The minimum absolute atomic E-state index is 0.127. The van der Waals surface area contributed by atoms with Crippen molar-refractivity contribution in [2.75, 3.05) is 6.54 Å². The van der Waals surface area contributed by atoms with Crippen molar-refractivity contribution in [1.29, 1.82) is 0 Å². The number of rotatable bonds is 5. The van der Waals surface area contributed by atoms with Gasteiger partial charge in [-0.1, -0.05) is 23.2 Å². The van der Waals surface area contributed by atoms with Crippen molar-refractivity contribution in [3.05, 3.63) is 28.2 Å². The van der Waals surface area contributed by atoms with Gasteiger partial charge in [-0.05, 0) is 18.2 Å². The Hall–Kier alpha value is -0.860. The number of carboxylic acid groups (broad SMARTS) is 1. The molecular formula is C9H9Cl2NO5S. The van der Waals surface area contributed by atoms with Gasteiger partial charge in [0.1, 0.15) is 0 Å². The number of carboxylic acids is 1. The molecule has 1 atom stereocenters. The minimum atomic E-state index is -3.98. The Bertz CT molecular complexity index is 540. The molecule has 1 aromatic carbocycles. The third kappa shape index (κ3) is 4.11. The summed E-state index contributed by atoms with van der Waals surface area (Å²) in [5, 5.41) is 17.6. The molecule has 6 nitrogen and oxygen atoms in total. The van der Waals surface area contributed by atoms with E-state index < -0.39 is 28.6 Å². The molecule has 0 saturated carbocycles. The molecule has 9 heteroatoms. The Morgan fingerprint density at radius 3 is 2.22 bits per heavy atom. The Labute approximate surface area is 113 Å². The number of benzene rings is 1. The van der Waals surface area contributed by atoms with Crippen LogP contribution < -0.4 is 4.72 Å². The third-order valence-corrected chi connectivity index (χ3v) is 3.74. The maximum absolute atomic E-state index is 11.7. The number of aliphatic hydroxyl groups is 1. The first kappa shape index (κ1) is 15.2. The van der Waals surface area contributed by atoms with Gasteiger partial charge in [0, 0.05) is 16.6 Å². The fourth-order valence-electron chi connectivity index (χ4n) is 1.04. The van der Waals surface area contributed by atoms with Crippen molar-refractivity contribution in [3.8, 4) is 0 Å². The zero-order valence-electron chi connectivity index (χ0n) is 8.80. The van der Waals surface area contributed by atoms with Gasteiger partial charge < -0.3 is 10.2 Å². The Balaban J connectivity index is 2.90. The minimum Gasteiger partial charge on any atom is -0.479 e. The first-order valence-corrected chi connectivity index (χ1v) is 6.83. The summed E-state index contributed by atoms with van der Waals surface area (Å²) in [6.45, 7) is -0.651. The fourth-order valence-corrected chi connectivity index (χ4v) is 2.81. The topological polar surface area (TPSA) is 104 Å². The van der Waals surface area contributed by atoms with E-state index in [1.165, 1.54) is 6.07 Å². The van der Waals surface area contributed by atoms with Crippen molar-refractivity contribution in [2.24, 2.45) is 0 Å². The van der Waals surface area contributed by atoms with E-state index >= 15 is 0 Å². The van der Waals surface area contributed by atoms with Crippen molar-refractivity contribution in [1.82, 2.24) is 4.72 Å². The largest absolute Gasteiger partial charge is 0.479 e. The van der Waals surface area contributed by atoms with Gasteiger partial charge in [-0.25, -0.2) is 17.9 Å². The number of halogens is 2. The average molecular weight is 314 g/mol. The van der Waals surface area contributed by atoms with Gasteiger partial charge in [-0.15, -0.1) is 0 Å². The number of carbonyl (C=O) groups is 1. The summed E-state index contributed by atoms with van der Waals surface area (Å²) in [6, 6.07) is 3.67. The quantitative estimate of drug-likeness (QED) is 0.743. The molecule has 0 saturated heterocycles. The summed E-state index contributed by atoms with van der Waals surface area (Å²) in [5.74, 6) is -1.53. The lowest BCUT2D eigenvalue weighted by Gasteiger charge is -2.09. The number of nitrogens with one attached hydrogen (secondary N) is 1. The van der Waals surface area contributed by atoms with E-state index in [0.29, 0.717) is 0 Å². The number of aliphatic hydroxyl groups excluding tert-OH is 1. The van der Waals surface area contributed by atoms with Gasteiger partial charge in [0.25, 0.3) is 0 Å². The maximum Gasteiger partial charge on any atom is 0.333 e. The molecule has 0 spiro atoms. The monoisotopic (exact) mass is 313 g/mol. The number of aliphatic carboxylic acids is 1. The molecule has 1 unspecified atom stereocenters. The Morgan fingerprint density at radius 1 is 1.28 bits per heavy atom. The molecule has 1 rings (SSSR count). The number of hydrogen-bond acceptors (Lipinski definition) is 4. The van der Waals surface area contributed by atoms with Crippen molar-refractivity contribution >= 4 is 39.2 Å². The summed E-state index contributed by atoms with van der Waals surface area (Å²) < 4.78 is 25.4. The van der Waals surface area contributed by atoms with E-state index in [2.05, 4.69) is 0 Å². The van der Waals surface area contributed by atoms with E-state index in [1.807, 2.05) is 4.72 Å². The normalized spacial score (nSPS) is 13.3. The molecule has 0 heterocycles. The molecular weight excluding hydrogens is 305 g/mol. The van der Waals surface area contributed by atoms with Crippen molar-refractivity contribution in [2.45, 2.75) is 11.0 Å². The van der Waals surface area contributed by atoms with Crippen LogP contribution in [0.15, 0.2) is 23.1 Å². The number of sulfonamides is 1. The predicted octanol–water partition coefficient (Wildman–Crippen LogP) is 0.717. The van der Waals surface area contributed by atoms with Crippen LogP contribution in [0.5, 0.6) is 0 Å². The van der Waals surface area contributed by atoms with Crippen molar-refractivity contribution < 1.29 is 23.4 Å². The summed E-state index contributed by atoms with van der Waals surface area (Å²) in [7, 11) is -3.98. The van der Waals surface area contributed by atoms with Crippen LogP contribution in [-0.2, 0) is 14.8 Å². The summed E-state index contributed by atoms with van der Waals surface area (Å²) in [6.07, 6.45) is -1.82. The van der Waals surface area contributed by atoms with Crippen LogP contribution in [0.1, 0.15) is 0 Å². The highest BCUT2D eigenvalue weighted by molar-refractivity contribution is 7.89. The summed E-state index contributed by atoms with van der Waals surface area (Å²) >= 11 is 11.3. The molecule has 0 aliphatic carbocycles. The molecule has 3 N–H and O–H groups in total. The van der Waals surface area contributed by atoms with Gasteiger partial charge >= 0.3 is 5.97 Å². The molecule has 0 bridgehead atoms. The standard InChI is InChI=1S/C9H9Cl2NO5S/c10-5-1-6(11)3-7(2-5)18(16,17)12-4-8(13)9(14)15/h1-3,8,12-13H,4H2,(H,14,15). The molecule has 0 aromatic heterocycles. The van der Waals surface area contributed by atoms with E-state index in [4.69, 9.17) is 33.4 Å². The fraction of sp³-hybridized carbons (Fsp3) is 0.222. The first-order chi connectivity index (χ1) is 8.22. The van der Waals surface area contributed by atoms with Crippen molar-refractivity contribution in [3.63, 3.8) is 0 Å². The molecule has 100 valence electrons. The van der Waals surface area contributed by atoms with E-state index in [0.717, 1.165) is 12.1 Å². The van der Waals surface area contributed by atoms with Crippen LogP contribution in [0.25, 0.3) is 0 Å². The molecule has 18 heavy (non-hydrogen) atoms. The van der Waals surface area contributed by atoms with Crippen LogP contribution >= 0.6 is 23.2 Å². The lowest BCUT2D eigenvalue weighted by Crippen LogP contribution is -2.36. The Morgan fingerprint density at radius 2 is 1.78 bits per heavy atom. The molecule has 0 aliphatic rings. The van der Waals surface area contributed by atoms with Gasteiger partial charge in [0.05, 0.1) is 4.90 Å². The van der Waals surface area contributed by atoms with Gasteiger partial charge in [-0.2, -0.15) is 0 Å². The molecule has 1 aromatic rings. The highest BCUT2D eigenvalue weighted by atomic mass is 35.5. The highest BCUT2D eigenvalue weighted by Crippen LogP contribution is 2.22. The lowest BCUT2D eigenvalue weighted by molar-refractivity contribution is -0.146. The zero-order valence-corrected chi connectivity index (χ0v) is 11.1. The van der Waals surface area contributed by atoms with Crippen LogP contribution in [0.3, 0.4) is 0 Å². The first-order valence-electron chi connectivity index (χ1n) is 4.59. The van der Waals surface area contributed by atoms with E-state index in [9.17, 15) is 13.2 Å². The second-order valence-corrected chi connectivity index (χ2v) is 5.95. The van der Waals surface area contributed by atoms with E-state index in [-0.39, 0.29) is 14.9 Å². The SMILES string of the molecule is O=C(O)C(O)CNS(=O)(=O)c1cc(Cl)cc(Cl)c1. The molecule has 0 aliphatic heterocycles. The zero-order chi connectivity index (χ0) is 13.9. The summed E-state index contributed by atoms with van der Waals surface area (Å²) in [4.78, 5) is 10.1. The summed E-state index contributed by atoms with van der Waals surface area (Å²) in [5.41, 5.74) is 0. The lowest BCUT2D eigenvalue weighted by atomic mass is 10.4. The third-order valence-electron chi connectivity index (χ3n) is 1.90. The van der Waals surface area contributed by atoms with E-state index in [1.54, 1.807) is 0 Å². The Kier molecular flexibility index (Phi) is 4.94. The second kappa shape index (κ2) is 5.85. The van der Waals surface area contributed by atoms with Crippen LogP contribution in [-0.4, -0.2) is 37.2 Å². The van der Waals surface area contributed by atoms with Gasteiger partial charge in [0.2, 0.25) is 10.0 Å². The average Bonchev–Trinajstić information content (AvgIpc) is 2.24. The molecule has 0 fully saturated rings. The highest BCUT2D eigenvalue weighted by Gasteiger charge is 2.20. The maximum atomic E-state index is 11.7. The van der Waals surface area contributed by atoms with Crippen LogP contribution in [0.2, 0.25) is 10.0 Å². The van der Waals surface area contributed by atoms with Crippen LogP contribution in [0.4, 0.5) is 0 Å². The van der Waals surface area contributed by atoms with Gasteiger partial charge in [-0.3, -0.25) is 0 Å². The number of hydrogen-bond donors (Lipinski definition) is 3. The smallest absolute Gasteiger partial charge is 0.333 e. The predicted molar refractivity (Wildman–Crippen MR) is 65.3 cm³/mol. The second-order valence-electron chi connectivity index (χ2n) is 3.31. The van der Waals surface area contributed by atoms with Gasteiger partial charge in [0.15, 0.2) is 6.10 Å². The van der Waals surface area contributed by atoms with Crippen LogP contribution in [0, 0.1) is 0 Å². The molecule has 0 amide bonds.